The molecule has 0 saturated carbocycles. The van der Waals surface area contributed by atoms with Gasteiger partial charge in [-0.05, 0) is 61.8 Å². The molecule has 2 unspecified atom stereocenters. The topological polar surface area (TPSA) is 230 Å². The lowest BCUT2D eigenvalue weighted by Crippen LogP contribution is -2.43. The van der Waals surface area contributed by atoms with Crippen LogP contribution in [0.5, 0.6) is 0 Å². The monoisotopic (exact) mass is 746 g/mol. The summed E-state index contributed by atoms with van der Waals surface area (Å²) in [6.45, 7) is 12.0. The van der Waals surface area contributed by atoms with Gasteiger partial charge < -0.3 is 20.1 Å². The van der Waals surface area contributed by atoms with E-state index >= 15 is 0 Å². The number of nitrogens with zero attached hydrogens (tertiary/aromatic N) is 9. The normalized spacial score (nSPS) is 16.1. The molecule has 4 aromatic rings. The van der Waals surface area contributed by atoms with Gasteiger partial charge in [-0.1, -0.05) is 27.7 Å². The number of fused-ring (bicyclic) bond motifs is 2. The summed E-state index contributed by atoms with van der Waals surface area (Å²) in [5.74, 6) is 1.89. The number of ether oxygens (including phenoxy) is 1. The van der Waals surface area contributed by atoms with Gasteiger partial charge in [0.05, 0.1) is 28.7 Å². The predicted molar refractivity (Wildman–Crippen MR) is 201 cm³/mol. The molecule has 2 N–H and O–H groups in total. The van der Waals surface area contributed by atoms with Crippen LogP contribution in [0.1, 0.15) is 53.4 Å². The first-order chi connectivity index (χ1) is 25.8. The first kappa shape index (κ1) is 39.6. The molecular formula is C36H46N10O8. The molecule has 3 aliphatic rings. The fourth-order valence-corrected chi connectivity index (χ4v) is 6.35. The molecule has 3 aliphatic heterocycles. The number of aliphatic hydroxyl groups is 1. The number of epoxide rings is 1. The van der Waals surface area contributed by atoms with Crippen LogP contribution in [0.4, 0.5) is 23.3 Å². The Morgan fingerprint density at radius 2 is 1.37 bits per heavy atom. The second kappa shape index (κ2) is 17.9. The van der Waals surface area contributed by atoms with Crippen LogP contribution in [-0.4, -0.2) is 82.5 Å². The van der Waals surface area contributed by atoms with Crippen LogP contribution >= 0.6 is 0 Å². The van der Waals surface area contributed by atoms with Gasteiger partial charge in [0.1, 0.15) is 0 Å². The van der Waals surface area contributed by atoms with Gasteiger partial charge in [0, 0.05) is 68.6 Å². The zero-order chi connectivity index (χ0) is 38.9. The number of pyridine rings is 2. The summed E-state index contributed by atoms with van der Waals surface area (Å²) in [5.41, 5.74) is -1.26. The molecule has 0 aliphatic carbocycles. The van der Waals surface area contributed by atoms with Gasteiger partial charge in [-0.15, -0.1) is 0 Å². The largest absolute Gasteiger partial charge is 0.391 e. The van der Waals surface area contributed by atoms with Gasteiger partial charge in [-0.3, -0.25) is 48.9 Å². The number of β-amino-alcohol motifs (C(OH)–C–C–N with tert-alkyl or cyclic N) is 1. The van der Waals surface area contributed by atoms with Gasteiger partial charge >= 0.3 is 22.5 Å². The fourth-order valence-electron chi connectivity index (χ4n) is 6.35. The van der Waals surface area contributed by atoms with Crippen LogP contribution in [0.15, 0.2) is 58.6 Å². The van der Waals surface area contributed by atoms with Crippen LogP contribution in [0.3, 0.4) is 0 Å². The molecule has 1 fully saturated rings. The Morgan fingerprint density at radius 1 is 0.833 bits per heavy atom. The Bertz CT molecular complexity index is 2040. The van der Waals surface area contributed by atoms with E-state index in [1.807, 2.05) is 18.7 Å². The summed E-state index contributed by atoms with van der Waals surface area (Å²) in [6, 6.07) is 6.36. The number of hydrogen-bond acceptors (Lipinski definition) is 14. The first-order valence-electron chi connectivity index (χ1n) is 18.0. The van der Waals surface area contributed by atoms with Gasteiger partial charge in [0.15, 0.2) is 11.4 Å². The lowest BCUT2D eigenvalue weighted by atomic mass is 10.1. The van der Waals surface area contributed by atoms with Gasteiger partial charge in [0.2, 0.25) is 11.9 Å². The van der Waals surface area contributed by atoms with E-state index in [1.165, 1.54) is 40.3 Å². The molecule has 4 aromatic heterocycles. The van der Waals surface area contributed by atoms with Crippen molar-refractivity contribution in [1.82, 2.24) is 29.1 Å². The number of aromatic nitrogens is 6. The van der Waals surface area contributed by atoms with E-state index in [1.54, 1.807) is 24.3 Å². The molecule has 18 nitrogen and oxygen atoms in total. The maximum Gasteiger partial charge on any atom is 0.360 e. The minimum absolute atomic E-state index is 0.0314. The highest BCUT2D eigenvalue weighted by Gasteiger charge is 2.32. The first-order valence-corrected chi connectivity index (χ1v) is 18.0. The van der Waals surface area contributed by atoms with Gasteiger partial charge in [-0.25, -0.2) is 9.97 Å². The zero-order valence-electron chi connectivity index (χ0n) is 30.8. The summed E-state index contributed by atoms with van der Waals surface area (Å²) >= 11 is 0. The summed E-state index contributed by atoms with van der Waals surface area (Å²) < 4.78 is 7.67. The van der Waals surface area contributed by atoms with Crippen molar-refractivity contribution in [3.8, 4) is 22.5 Å². The molecule has 7 rings (SSSR count). The molecule has 0 bridgehead atoms. The van der Waals surface area contributed by atoms with Crippen molar-refractivity contribution in [3.63, 3.8) is 0 Å². The van der Waals surface area contributed by atoms with Gasteiger partial charge in [0.25, 0.3) is 0 Å². The molecule has 1 saturated heterocycles. The van der Waals surface area contributed by atoms with Crippen molar-refractivity contribution in [2.24, 2.45) is 11.8 Å². The minimum Gasteiger partial charge on any atom is -0.391 e. The third-order valence-corrected chi connectivity index (χ3v) is 8.79. The highest BCUT2D eigenvalue weighted by atomic mass is 16.6. The maximum absolute atomic E-state index is 12.8. The average molecular weight is 747 g/mol. The Kier molecular flexibility index (Phi) is 13.1. The van der Waals surface area contributed by atoms with E-state index < -0.39 is 38.4 Å². The van der Waals surface area contributed by atoms with E-state index in [2.05, 4.69) is 39.1 Å². The summed E-state index contributed by atoms with van der Waals surface area (Å²) in [7, 11) is 0. The Labute approximate surface area is 311 Å². The molecule has 2 atom stereocenters. The smallest absolute Gasteiger partial charge is 0.360 e. The van der Waals surface area contributed by atoms with Crippen molar-refractivity contribution in [3.05, 3.63) is 90.0 Å². The Hall–Kier alpha value is -5.62. The number of rotatable bonds is 10. The quantitative estimate of drug-likeness (QED) is 0.131. The molecule has 18 heteroatoms. The van der Waals surface area contributed by atoms with Crippen LogP contribution in [-0.2, 0) is 17.8 Å². The molecule has 288 valence electrons. The van der Waals surface area contributed by atoms with Crippen LogP contribution in [0.2, 0.25) is 0 Å². The minimum atomic E-state index is -0.676. The standard InChI is InChI=1S/C18H23N5O4.C12H11N5O3.C6H12O/c1-12(2)10-14(24)11-21-8-3-9-22-17(25)16(23(26)27)15(20-18(21)22)13-4-6-19-7-5-13;18-11-10(17(19)20)9(8-2-5-13-6-3-8)15-12-14-4-1-7-16(11)12;1-5(2)3-6-4-7-6/h4-7,12,14,24H,3,8-11H2,1-2H3;2-3,5-6H,1,4,7H2,(H,14,15);5-6H,3-4H2,1-2H3. The highest BCUT2D eigenvalue weighted by molar-refractivity contribution is 5.71. The van der Waals surface area contributed by atoms with Gasteiger partial charge in [-0.2, -0.15) is 0 Å². The van der Waals surface area contributed by atoms with Crippen molar-refractivity contribution >= 4 is 23.3 Å². The summed E-state index contributed by atoms with van der Waals surface area (Å²) in [5, 5.41) is 36.1. The van der Waals surface area contributed by atoms with E-state index in [9.17, 15) is 34.9 Å². The number of anilines is 2. The van der Waals surface area contributed by atoms with Crippen molar-refractivity contribution in [2.75, 3.05) is 36.5 Å². The van der Waals surface area contributed by atoms with Crippen molar-refractivity contribution < 1.29 is 19.7 Å². The summed E-state index contributed by atoms with van der Waals surface area (Å²) in [6.07, 6.45) is 9.36. The SMILES string of the molecule is CC(C)CC(O)CN1CCCn2c1nc(-c1ccncc1)c([N+](=O)[O-])c2=O.CC(C)CC1CO1.O=c1c([N+](=O)[O-])c(-c2ccncc2)nc2n1CCCN2. The third kappa shape index (κ3) is 9.87. The Balaban J connectivity index is 0.000000181. The summed E-state index contributed by atoms with van der Waals surface area (Å²) in [4.78, 5) is 64.9. The van der Waals surface area contributed by atoms with E-state index in [0.717, 1.165) is 18.9 Å². The highest BCUT2D eigenvalue weighted by Crippen LogP contribution is 2.30. The predicted octanol–water partition coefficient (Wildman–Crippen LogP) is 4.29. The number of aliphatic hydroxyl groups excluding tert-OH is 1. The van der Waals surface area contributed by atoms with Crippen molar-refractivity contribution in [2.45, 2.75) is 78.7 Å². The molecule has 54 heavy (non-hydrogen) atoms. The van der Waals surface area contributed by atoms with Crippen LogP contribution in [0, 0.1) is 32.1 Å². The lowest BCUT2D eigenvalue weighted by Gasteiger charge is -2.32. The molecular weight excluding hydrogens is 700 g/mol. The maximum atomic E-state index is 12.8. The lowest BCUT2D eigenvalue weighted by molar-refractivity contribution is -0.386. The van der Waals surface area contributed by atoms with Crippen LogP contribution < -0.4 is 21.3 Å². The number of hydrogen-bond donors (Lipinski definition) is 2. The van der Waals surface area contributed by atoms with Crippen molar-refractivity contribution in [1.29, 1.82) is 0 Å². The third-order valence-electron chi connectivity index (χ3n) is 8.79. The second-order valence-electron chi connectivity index (χ2n) is 14.1. The molecule has 0 aromatic carbocycles. The molecule has 0 spiro atoms. The molecule has 7 heterocycles. The van der Waals surface area contributed by atoms with E-state index in [0.29, 0.717) is 80.6 Å². The fraction of sp³-hybridized carbons (Fsp3) is 0.500. The Morgan fingerprint density at radius 3 is 1.87 bits per heavy atom. The van der Waals surface area contributed by atoms with E-state index in [4.69, 9.17) is 4.74 Å². The van der Waals surface area contributed by atoms with E-state index in [-0.39, 0.29) is 11.4 Å². The average Bonchev–Trinajstić information content (AvgIpc) is 3.96. The van der Waals surface area contributed by atoms with Crippen LogP contribution in [0.25, 0.3) is 22.5 Å². The molecule has 0 radical (unpaired) electrons. The molecule has 0 amide bonds. The number of nitrogens with one attached hydrogen (secondary N) is 1. The zero-order valence-corrected chi connectivity index (χ0v) is 30.8. The number of nitro groups is 2. The second-order valence-corrected chi connectivity index (χ2v) is 14.1.